The number of rotatable bonds is 16. The van der Waals surface area contributed by atoms with E-state index in [9.17, 15) is 0 Å². The maximum Gasteiger partial charge on any atom is 2.00 e. The summed E-state index contributed by atoms with van der Waals surface area (Å²) in [5, 5.41) is 8.05. The van der Waals surface area contributed by atoms with Crippen molar-refractivity contribution in [3.63, 3.8) is 0 Å². The van der Waals surface area contributed by atoms with Crippen molar-refractivity contribution < 1.29 is 84.3 Å². The van der Waals surface area contributed by atoms with E-state index in [2.05, 4.69) is 140 Å². The molecule has 16 aromatic rings. The van der Waals surface area contributed by atoms with E-state index < -0.39 is 0 Å². The summed E-state index contributed by atoms with van der Waals surface area (Å²) < 4.78 is 0. The summed E-state index contributed by atoms with van der Waals surface area (Å²) in [6.07, 6.45) is 29.0. The molecular weight excluding hydrogens is 1980 g/mol. The van der Waals surface area contributed by atoms with Crippen LogP contribution in [0, 0.1) is 20.8 Å². The fourth-order valence-corrected chi connectivity index (χ4v) is 9.28. The Balaban J connectivity index is 0.000000152. The molecule has 0 bridgehead atoms. The van der Waals surface area contributed by atoms with Gasteiger partial charge < -0.3 is 65.0 Å². The third-order valence-corrected chi connectivity index (χ3v) is 13.6. The fourth-order valence-electron chi connectivity index (χ4n) is 9.28. The second-order valence-electron chi connectivity index (χ2n) is 20.7. The van der Waals surface area contributed by atoms with E-state index in [1.807, 2.05) is 124 Å². The Hall–Kier alpha value is -10.6. The molecule has 498 valence electrons. The molecule has 0 fully saturated rings. The van der Waals surface area contributed by atoms with E-state index in [0.29, 0.717) is 95.4 Å². The number of hydrogen-bond donors (Lipinski definition) is 0. The smallest absolute Gasteiger partial charge is 0.661 e. The molecule has 0 aliphatic heterocycles. The molecule has 0 unspecified atom stereocenters. The Morgan fingerprint density at radius 2 is 0.616 bits per heavy atom. The van der Waals surface area contributed by atoms with E-state index in [4.69, 9.17) is 0 Å². The molecule has 99 heavy (non-hydrogen) atoms. The molecule has 0 aromatic carbocycles. The van der Waals surface area contributed by atoms with Crippen LogP contribution in [0.1, 0.15) is 62.6 Å². The van der Waals surface area contributed by atoms with Crippen molar-refractivity contribution in [3.8, 4) is 92.5 Å². The number of aryl methyl sites for hydroxylation is 3. The minimum Gasteiger partial charge on any atom is -0.661 e. The Morgan fingerprint density at radius 1 is 0.273 bits per heavy atom. The normalized spacial score (nSPS) is 10.4. The topological polar surface area (TPSA) is 371 Å². The molecule has 0 aliphatic carbocycles. The van der Waals surface area contributed by atoms with Gasteiger partial charge in [0.05, 0.1) is 39.9 Å². The van der Waals surface area contributed by atoms with Crippen LogP contribution >= 0.6 is 0 Å². The van der Waals surface area contributed by atoms with Crippen LogP contribution in [0.2, 0.25) is 0 Å². The predicted octanol–water partition coefficient (Wildman–Crippen LogP) is 6.92. The number of hydrogen-bond acceptors (Lipinski definition) is 20. The van der Waals surface area contributed by atoms with Crippen LogP contribution < -0.4 is 40.0 Å². The first-order valence-electron chi connectivity index (χ1n) is 29.4. The third-order valence-electron chi connectivity index (χ3n) is 13.6. The largest absolute Gasteiger partial charge is 2.00 e. The van der Waals surface area contributed by atoms with Crippen LogP contribution in [0.4, 0.5) is 0 Å². The van der Waals surface area contributed by atoms with Gasteiger partial charge in [-0.25, -0.2) is 69.8 Å². The Labute approximate surface area is 622 Å². The van der Waals surface area contributed by atoms with Crippen molar-refractivity contribution in [3.05, 3.63) is 265 Å². The molecule has 0 amide bonds. The van der Waals surface area contributed by atoms with Crippen LogP contribution in [0.25, 0.3) is 92.5 Å². The number of nitrogens with zero attached hydrogens (tertiary/aromatic N) is 28. The van der Waals surface area contributed by atoms with Crippen LogP contribution in [-0.2, 0) is 110 Å². The molecular formula is C67H50N28Pt4. The molecule has 0 spiro atoms. The van der Waals surface area contributed by atoms with E-state index in [-0.39, 0.29) is 84.3 Å². The summed E-state index contributed by atoms with van der Waals surface area (Å²) in [5.74, 6) is 5.95. The van der Waals surface area contributed by atoms with E-state index in [1.54, 1.807) is 99.1 Å². The first-order valence-corrected chi connectivity index (χ1v) is 29.4. The van der Waals surface area contributed by atoms with Crippen LogP contribution in [0.15, 0.2) is 202 Å². The third kappa shape index (κ3) is 19.8. The zero-order valence-corrected chi connectivity index (χ0v) is 61.3. The average Bonchev–Trinajstić information content (AvgIpc) is 1.92. The molecule has 0 radical (unpaired) electrons. The monoisotopic (exact) mass is 2030 g/mol. The Bertz CT molecular complexity index is 4600. The zero-order valence-electron chi connectivity index (χ0n) is 52.2. The van der Waals surface area contributed by atoms with Crippen molar-refractivity contribution in [2.75, 3.05) is 0 Å². The van der Waals surface area contributed by atoms with Crippen molar-refractivity contribution in [2.24, 2.45) is 0 Å². The standard InChI is InChI=1S/C18H14N6.C17H13N7.C16H12N8.C16H11N7.4Pt/c1-12-5-6-16(22-12)15-4-2-3-13(23-15)11-14-7-8-19-18(24-14)17-20-9-10-21-17;1-11-2-3-14(22-11)15-18-6-4-12(23-15)10-13-5-7-19-17(24-13)16-20-8-9-21-16;1-10-8-13(24-23-10)14-17-4-2-11(21-14)9-12-3-5-18-16(22-12)15-19-6-7-20-15;1-2-13(17-5-1)14-18-6-3-11(22-14)10-12-4-7-19-16(23-12)15-20-8-9-21-15;;;;/h2-10H,11H2,1H3;2-9H,10H2,1H3;2-8H,9H2,1H3;1-9H,10H2;;;;/q4*-2;4*+2. The summed E-state index contributed by atoms with van der Waals surface area (Å²) in [6.45, 7) is 5.80. The molecule has 0 aliphatic rings. The first kappa shape index (κ1) is 72.6. The van der Waals surface area contributed by atoms with E-state index in [0.717, 1.165) is 85.4 Å². The SMILES string of the molecule is Cc1cc(-c2nccc(Cc3ccnc(-c4ncc[n-]4)n3)n2)[n-]n1.Cc1ccc(-c2cccc(Cc3ccnc(-c4ncc[n-]4)n3)n2)[n-]1.Cc1ccc(-c2nccc(Cc3ccnc(-c4ncc[n-]4)n3)n2)[n-]1.[Pt+2].[Pt+2].[Pt+2].[Pt+2].c1c[n-]c(-c2nccc(Cc3ccnc(-c4ncc[n-]4)n3)n2)c1. The molecule has 16 rings (SSSR count). The van der Waals surface area contributed by atoms with Gasteiger partial charge >= 0.3 is 84.3 Å². The Morgan fingerprint density at radius 3 is 0.939 bits per heavy atom. The van der Waals surface area contributed by atoms with E-state index >= 15 is 0 Å². The minimum atomic E-state index is 0. The first-order chi connectivity index (χ1) is 46.7. The summed E-state index contributed by atoms with van der Waals surface area (Å²) in [5.41, 5.74) is 13.7. The second-order valence-corrected chi connectivity index (χ2v) is 20.7. The second kappa shape index (κ2) is 35.6. The summed E-state index contributed by atoms with van der Waals surface area (Å²) in [7, 11) is 0. The molecule has 28 nitrogen and oxygen atoms in total. The molecule has 0 saturated heterocycles. The molecule has 0 N–H and O–H groups in total. The summed E-state index contributed by atoms with van der Waals surface area (Å²) in [6, 6.07) is 32.4. The fraction of sp³-hybridized carbons (Fsp3) is 0.104. The maximum absolute atomic E-state index is 4.69. The van der Waals surface area contributed by atoms with Crippen molar-refractivity contribution in [1.29, 1.82) is 0 Å². The van der Waals surface area contributed by atoms with Gasteiger partial charge in [0, 0.05) is 86.1 Å². The Kier molecular flexibility index (Phi) is 26.1. The van der Waals surface area contributed by atoms with Crippen molar-refractivity contribution in [2.45, 2.75) is 46.5 Å². The van der Waals surface area contributed by atoms with Gasteiger partial charge in [-0.3, -0.25) is 4.98 Å². The zero-order chi connectivity index (χ0) is 64.6. The van der Waals surface area contributed by atoms with Gasteiger partial charge in [-0.15, -0.1) is 5.69 Å². The molecule has 0 saturated carbocycles. The van der Waals surface area contributed by atoms with Gasteiger partial charge in [-0.1, -0.05) is 129 Å². The van der Waals surface area contributed by atoms with Gasteiger partial charge in [0.1, 0.15) is 17.5 Å². The van der Waals surface area contributed by atoms with Crippen LogP contribution in [0.5, 0.6) is 0 Å². The van der Waals surface area contributed by atoms with Gasteiger partial charge in [0.15, 0.2) is 23.3 Å². The molecule has 0 atom stereocenters. The number of imidazole rings is 4. The minimum absolute atomic E-state index is 0. The van der Waals surface area contributed by atoms with Crippen LogP contribution in [0.3, 0.4) is 0 Å². The van der Waals surface area contributed by atoms with E-state index in [1.165, 1.54) is 0 Å². The number of aromatic nitrogens is 28. The van der Waals surface area contributed by atoms with Gasteiger partial charge in [-0.05, 0) is 84.8 Å². The molecule has 32 heteroatoms. The van der Waals surface area contributed by atoms with Crippen molar-refractivity contribution in [1.82, 2.24) is 140 Å². The van der Waals surface area contributed by atoms with Gasteiger partial charge in [-0.2, -0.15) is 17.6 Å². The van der Waals surface area contributed by atoms with Gasteiger partial charge in [0.25, 0.3) is 0 Å². The summed E-state index contributed by atoms with van der Waals surface area (Å²) in [4.78, 5) is 112. The number of pyridine rings is 1. The average molecular weight is 2030 g/mol. The summed E-state index contributed by atoms with van der Waals surface area (Å²) >= 11 is 0. The van der Waals surface area contributed by atoms with Gasteiger partial charge in [0.2, 0.25) is 0 Å². The maximum atomic E-state index is 4.69. The predicted molar refractivity (Wildman–Crippen MR) is 343 cm³/mol. The van der Waals surface area contributed by atoms with Crippen LogP contribution in [-0.4, -0.2) is 99.8 Å². The quantitative estimate of drug-likeness (QED) is 0.0947. The van der Waals surface area contributed by atoms with Crippen molar-refractivity contribution >= 4 is 0 Å². The molecule has 16 aromatic heterocycles. The molecule has 16 heterocycles.